The van der Waals surface area contributed by atoms with Crippen LogP contribution in [0.2, 0.25) is 0 Å². The average molecular weight is 227 g/mol. The van der Waals surface area contributed by atoms with Crippen molar-refractivity contribution >= 4 is 0 Å². The molecule has 2 rings (SSSR count). The molecular weight excluding hydrogens is 219 g/mol. The fourth-order valence-electron chi connectivity index (χ4n) is 1.35. The Morgan fingerprint density at radius 3 is 2.19 bits per heavy atom. The number of aromatic nitrogens is 3. The maximum atomic E-state index is 12.3. The number of aryl methyl sites for hydroxylation is 1. The van der Waals surface area contributed by atoms with Crippen molar-refractivity contribution in [2.45, 2.75) is 6.18 Å². The van der Waals surface area contributed by atoms with E-state index in [2.05, 4.69) is 10.2 Å². The molecule has 2 aromatic rings. The Bertz CT molecular complexity index is 485. The summed E-state index contributed by atoms with van der Waals surface area (Å²) >= 11 is 0. The predicted octanol–water partition coefficient (Wildman–Crippen LogP) is 2.50. The highest BCUT2D eigenvalue weighted by molar-refractivity contribution is 5.55. The molecule has 0 saturated heterocycles. The summed E-state index contributed by atoms with van der Waals surface area (Å²) in [6.45, 7) is 0. The predicted molar refractivity (Wildman–Crippen MR) is 51.4 cm³/mol. The summed E-state index contributed by atoms with van der Waals surface area (Å²) in [5.74, 6) is 0.536. The largest absolute Gasteiger partial charge is 0.416 e. The second kappa shape index (κ2) is 3.62. The first-order valence-electron chi connectivity index (χ1n) is 4.50. The van der Waals surface area contributed by atoms with E-state index in [1.54, 1.807) is 11.6 Å². The van der Waals surface area contributed by atoms with Gasteiger partial charge in [-0.25, -0.2) is 0 Å². The van der Waals surface area contributed by atoms with Crippen molar-refractivity contribution in [1.82, 2.24) is 14.8 Å². The summed E-state index contributed by atoms with van der Waals surface area (Å²) in [6, 6.07) is 4.83. The zero-order chi connectivity index (χ0) is 11.8. The molecule has 0 aliphatic carbocycles. The highest BCUT2D eigenvalue weighted by Crippen LogP contribution is 2.30. The third kappa shape index (κ3) is 1.91. The number of nitrogens with zero attached hydrogens (tertiary/aromatic N) is 3. The molecule has 6 heteroatoms. The molecule has 0 spiro atoms. The van der Waals surface area contributed by atoms with Crippen molar-refractivity contribution < 1.29 is 13.2 Å². The van der Waals surface area contributed by atoms with Gasteiger partial charge >= 0.3 is 6.18 Å². The van der Waals surface area contributed by atoms with Crippen molar-refractivity contribution in [3.8, 4) is 11.4 Å². The quantitative estimate of drug-likeness (QED) is 0.749. The van der Waals surface area contributed by atoms with E-state index < -0.39 is 11.7 Å². The third-order valence-electron chi connectivity index (χ3n) is 2.18. The molecule has 0 saturated carbocycles. The molecule has 16 heavy (non-hydrogen) atoms. The molecule has 3 nitrogen and oxygen atoms in total. The van der Waals surface area contributed by atoms with Gasteiger partial charge in [0.05, 0.1) is 5.56 Å². The average Bonchev–Trinajstić information content (AvgIpc) is 2.63. The summed E-state index contributed by atoms with van der Waals surface area (Å²) in [4.78, 5) is 0. The van der Waals surface area contributed by atoms with Gasteiger partial charge in [-0.2, -0.15) is 13.2 Å². The maximum Gasteiger partial charge on any atom is 0.416 e. The SMILES string of the molecule is Cn1cnnc1-c1ccc(C(F)(F)F)cc1. The van der Waals surface area contributed by atoms with Gasteiger partial charge in [0, 0.05) is 12.6 Å². The Morgan fingerprint density at radius 2 is 1.75 bits per heavy atom. The van der Waals surface area contributed by atoms with E-state index in [1.165, 1.54) is 18.5 Å². The zero-order valence-corrected chi connectivity index (χ0v) is 8.36. The number of hydrogen-bond donors (Lipinski definition) is 0. The molecule has 0 aliphatic rings. The van der Waals surface area contributed by atoms with Crippen molar-refractivity contribution in [3.05, 3.63) is 36.2 Å². The molecule has 0 N–H and O–H groups in total. The lowest BCUT2D eigenvalue weighted by molar-refractivity contribution is -0.137. The van der Waals surface area contributed by atoms with Crippen LogP contribution in [0.15, 0.2) is 30.6 Å². The van der Waals surface area contributed by atoms with Gasteiger partial charge < -0.3 is 4.57 Å². The number of rotatable bonds is 1. The van der Waals surface area contributed by atoms with Crippen LogP contribution in [0.5, 0.6) is 0 Å². The molecule has 1 heterocycles. The first-order chi connectivity index (χ1) is 7.48. The molecular formula is C10H8F3N3. The van der Waals surface area contributed by atoms with Crippen LogP contribution >= 0.6 is 0 Å². The molecule has 0 fully saturated rings. The van der Waals surface area contributed by atoms with Crippen LogP contribution in [-0.2, 0) is 13.2 Å². The van der Waals surface area contributed by atoms with Gasteiger partial charge in [0.2, 0.25) is 0 Å². The highest BCUT2D eigenvalue weighted by Gasteiger charge is 2.30. The molecule has 1 aromatic heterocycles. The fraction of sp³-hybridized carbons (Fsp3) is 0.200. The van der Waals surface area contributed by atoms with Crippen LogP contribution in [0.25, 0.3) is 11.4 Å². The van der Waals surface area contributed by atoms with Gasteiger partial charge in [0.1, 0.15) is 6.33 Å². The summed E-state index contributed by atoms with van der Waals surface area (Å²) in [5.41, 5.74) is -0.0635. The molecule has 0 unspecified atom stereocenters. The van der Waals surface area contributed by atoms with Crippen LogP contribution < -0.4 is 0 Å². The topological polar surface area (TPSA) is 30.7 Å². The summed E-state index contributed by atoms with van der Waals surface area (Å²) < 4.78 is 38.6. The lowest BCUT2D eigenvalue weighted by Gasteiger charge is -2.07. The van der Waals surface area contributed by atoms with Crippen molar-refractivity contribution in [3.63, 3.8) is 0 Å². The molecule has 0 radical (unpaired) electrons. The number of hydrogen-bond acceptors (Lipinski definition) is 2. The fourth-order valence-corrected chi connectivity index (χ4v) is 1.35. The second-order valence-corrected chi connectivity index (χ2v) is 3.34. The smallest absolute Gasteiger partial charge is 0.317 e. The summed E-state index contributed by atoms with van der Waals surface area (Å²) in [5, 5.41) is 7.47. The van der Waals surface area contributed by atoms with Gasteiger partial charge in [0.15, 0.2) is 5.82 Å². The molecule has 84 valence electrons. The maximum absolute atomic E-state index is 12.3. The van der Waals surface area contributed by atoms with Crippen molar-refractivity contribution in [1.29, 1.82) is 0 Å². The third-order valence-corrected chi connectivity index (χ3v) is 2.18. The van der Waals surface area contributed by atoms with E-state index in [0.29, 0.717) is 11.4 Å². The molecule has 0 bridgehead atoms. The standard InChI is InChI=1S/C10H8F3N3/c1-16-6-14-15-9(16)7-2-4-8(5-3-7)10(11,12)13/h2-6H,1H3. The molecule has 0 atom stereocenters. The van der Waals surface area contributed by atoms with E-state index in [4.69, 9.17) is 0 Å². The first-order valence-corrected chi connectivity index (χ1v) is 4.50. The van der Waals surface area contributed by atoms with E-state index in [-0.39, 0.29) is 0 Å². The number of halogens is 3. The van der Waals surface area contributed by atoms with E-state index >= 15 is 0 Å². The summed E-state index contributed by atoms with van der Waals surface area (Å²) in [6.07, 6.45) is -2.81. The molecule has 0 amide bonds. The van der Waals surface area contributed by atoms with Gasteiger partial charge in [-0.15, -0.1) is 10.2 Å². The number of benzene rings is 1. The Kier molecular flexibility index (Phi) is 2.41. The Morgan fingerprint density at radius 1 is 1.12 bits per heavy atom. The van der Waals surface area contributed by atoms with Crippen molar-refractivity contribution in [2.24, 2.45) is 7.05 Å². The lowest BCUT2D eigenvalue weighted by Crippen LogP contribution is -2.04. The van der Waals surface area contributed by atoms with Gasteiger partial charge in [0.25, 0.3) is 0 Å². The normalized spacial score (nSPS) is 11.8. The van der Waals surface area contributed by atoms with Gasteiger partial charge in [-0.05, 0) is 12.1 Å². The Hall–Kier alpha value is -1.85. The second-order valence-electron chi connectivity index (χ2n) is 3.34. The highest BCUT2D eigenvalue weighted by atomic mass is 19.4. The van der Waals surface area contributed by atoms with Crippen LogP contribution in [0, 0.1) is 0 Å². The van der Waals surface area contributed by atoms with Gasteiger partial charge in [-0.3, -0.25) is 0 Å². The van der Waals surface area contributed by atoms with Gasteiger partial charge in [-0.1, -0.05) is 12.1 Å². The van der Waals surface area contributed by atoms with E-state index in [1.807, 2.05) is 0 Å². The van der Waals surface area contributed by atoms with E-state index in [0.717, 1.165) is 12.1 Å². The van der Waals surface area contributed by atoms with Crippen LogP contribution in [0.1, 0.15) is 5.56 Å². The number of alkyl halides is 3. The monoisotopic (exact) mass is 227 g/mol. The van der Waals surface area contributed by atoms with Crippen molar-refractivity contribution in [2.75, 3.05) is 0 Å². The zero-order valence-electron chi connectivity index (χ0n) is 8.36. The molecule has 0 aliphatic heterocycles. The minimum absolute atomic E-state index is 0.536. The van der Waals surface area contributed by atoms with Crippen LogP contribution in [0.4, 0.5) is 13.2 Å². The Labute approximate surface area is 89.5 Å². The Balaban J connectivity index is 2.37. The first kappa shape index (κ1) is 10.7. The minimum Gasteiger partial charge on any atom is -0.317 e. The minimum atomic E-state index is -4.31. The molecule has 1 aromatic carbocycles. The lowest BCUT2D eigenvalue weighted by atomic mass is 10.1. The van der Waals surface area contributed by atoms with E-state index in [9.17, 15) is 13.2 Å². The summed E-state index contributed by atoms with van der Waals surface area (Å²) in [7, 11) is 1.73. The van der Waals surface area contributed by atoms with Crippen LogP contribution in [-0.4, -0.2) is 14.8 Å². The van der Waals surface area contributed by atoms with Crippen LogP contribution in [0.3, 0.4) is 0 Å².